The maximum absolute atomic E-state index is 12.5. The third-order valence-electron chi connectivity index (χ3n) is 3.19. The van der Waals surface area contributed by atoms with E-state index in [1.807, 2.05) is 36.4 Å². The van der Waals surface area contributed by atoms with Crippen LogP contribution in [-0.4, -0.2) is 0 Å². The summed E-state index contributed by atoms with van der Waals surface area (Å²) in [7, 11) is 0. The molecule has 0 N–H and O–H groups in total. The molecule has 1 aromatic heterocycles. The van der Waals surface area contributed by atoms with Crippen molar-refractivity contribution in [1.29, 1.82) is 0 Å². The third-order valence-corrected chi connectivity index (χ3v) is 5.05. The van der Waals surface area contributed by atoms with Gasteiger partial charge in [-0.2, -0.15) is 0 Å². The molecule has 0 fully saturated rings. The lowest BCUT2D eigenvalue weighted by Crippen LogP contribution is -2.05. The average molecular weight is 473 g/mol. The fraction of sp³-hybridized carbons (Fsp3) is 0.0625. The summed E-state index contributed by atoms with van der Waals surface area (Å²) in [5.41, 5.74) is 2.38. The molecule has 0 aliphatic carbocycles. The van der Waals surface area contributed by atoms with Gasteiger partial charge in [-0.15, -0.1) is 0 Å². The van der Waals surface area contributed by atoms with E-state index < -0.39 is 0 Å². The van der Waals surface area contributed by atoms with Crippen molar-refractivity contribution in [2.45, 2.75) is 5.33 Å². The molecule has 0 aliphatic heterocycles. The molecule has 0 aliphatic rings. The highest BCUT2D eigenvalue weighted by Crippen LogP contribution is 2.31. The number of hydrogen-bond donors (Lipinski definition) is 0. The first kappa shape index (κ1) is 15.0. The highest BCUT2D eigenvalue weighted by atomic mass is 79.9. The first-order valence-corrected chi connectivity index (χ1v) is 8.88. The first-order chi connectivity index (χ1) is 10.1. The fourth-order valence-corrected chi connectivity index (χ4v) is 3.37. The largest absolute Gasteiger partial charge is 0.454 e. The van der Waals surface area contributed by atoms with Gasteiger partial charge in [-0.1, -0.05) is 56.1 Å². The zero-order valence-electron chi connectivity index (χ0n) is 10.7. The summed E-state index contributed by atoms with van der Waals surface area (Å²) in [5, 5.41) is 1.22. The number of hydrogen-bond acceptors (Lipinski definition) is 2. The van der Waals surface area contributed by atoms with E-state index in [9.17, 15) is 4.79 Å². The summed E-state index contributed by atoms with van der Waals surface area (Å²) in [6.07, 6.45) is 0. The van der Waals surface area contributed by atoms with Crippen LogP contribution in [0.15, 0.2) is 60.6 Å². The van der Waals surface area contributed by atoms with Gasteiger partial charge in [0.15, 0.2) is 5.76 Å². The van der Waals surface area contributed by atoms with E-state index in [2.05, 4.69) is 47.8 Å². The van der Waals surface area contributed by atoms with Crippen molar-refractivity contribution in [3.63, 3.8) is 0 Å². The molecular formula is C16H9Br3O2. The lowest BCUT2D eigenvalue weighted by molar-refractivity contribution is 0.612. The van der Waals surface area contributed by atoms with Crippen molar-refractivity contribution in [2.75, 3.05) is 0 Å². The Labute approximate surface area is 146 Å². The number of halogens is 3. The molecule has 21 heavy (non-hydrogen) atoms. The summed E-state index contributed by atoms with van der Waals surface area (Å²) >= 11 is 10.2. The van der Waals surface area contributed by atoms with Gasteiger partial charge in [0.05, 0.1) is 5.39 Å². The quantitative estimate of drug-likeness (QED) is 0.436. The van der Waals surface area contributed by atoms with E-state index in [0.717, 1.165) is 15.6 Å². The lowest BCUT2D eigenvalue weighted by atomic mass is 10.1. The second-order valence-electron chi connectivity index (χ2n) is 4.51. The minimum atomic E-state index is -0.0584. The number of para-hydroxylation sites is 1. The maximum atomic E-state index is 12.5. The van der Waals surface area contributed by atoms with E-state index in [1.165, 1.54) is 0 Å². The molecule has 106 valence electrons. The SMILES string of the molecule is O=c1c(Br)c(-c2ccc(Br)cc2)oc2c(CBr)cccc12. The number of benzene rings is 2. The number of fused-ring (bicyclic) bond motifs is 1. The molecule has 0 atom stereocenters. The molecule has 0 unspecified atom stereocenters. The van der Waals surface area contributed by atoms with Crippen LogP contribution in [-0.2, 0) is 5.33 Å². The molecule has 0 spiro atoms. The van der Waals surface area contributed by atoms with E-state index in [1.54, 1.807) is 6.07 Å². The zero-order valence-corrected chi connectivity index (χ0v) is 15.5. The van der Waals surface area contributed by atoms with Crippen LogP contribution < -0.4 is 5.43 Å². The molecular weight excluding hydrogens is 464 g/mol. The topological polar surface area (TPSA) is 30.2 Å². The van der Waals surface area contributed by atoms with Gasteiger partial charge in [0.2, 0.25) is 5.43 Å². The van der Waals surface area contributed by atoms with Crippen LogP contribution in [0.1, 0.15) is 5.56 Å². The number of rotatable bonds is 2. The normalized spacial score (nSPS) is 11.0. The Balaban J connectivity index is 2.36. The lowest BCUT2D eigenvalue weighted by Gasteiger charge is -2.08. The van der Waals surface area contributed by atoms with E-state index >= 15 is 0 Å². The second kappa shape index (κ2) is 6.07. The van der Waals surface area contributed by atoms with Gasteiger partial charge in [0.1, 0.15) is 10.1 Å². The molecule has 2 aromatic carbocycles. The Kier molecular flexibility index (Phi) is 4.33. The van der Waals surface area contributed by atoms with Gasteiger partial charge in [-0.3, -0.25) is 4.79 Å². The predicted octanol–water partition coefficient (Wildman–Crippen LogP) is 5.88. The molecule has 2 nitrogen and oxygen atoms in total. The third kappa shape index (κ3) is 2.74. The molecule has 3 rings (SSSR count). The second-order valence-corrected chi connectivity index (χ2v) is 6.78. The summed E-state index contributed by atoms with van der Waals surface area (Å²) < 4.78 is 7.46. The molecule has 0 saturated carbocycles. The maximum Gasteiger partial charge on any atom is 0.207 e. The van der Waals surface area contributed by atoms with Gasteiger partial charge < -0.3 is 4.42 Å². The molecule has 0 bridgehead atoms. The Morgan fingerprint density at radius 3 is 2.38 bits per heavy atom. The van der Waals surface area contributed by atoms with Crippen LogP contribution in [0.3, 0.4) is 0 Å². The monoisotopic (exact) mass is 470 g/mol. The summed E-state index contributed by atoms with van der Waals surface area (Å²) in [5.74, 6) is 0.549. The van der Waals surface area contributed by atoms with Crippen LogP contribution in [0.25, 0.3) is 22.3 Å². The van der Waals surface area contributed by atoms with Crippen LogP contribution in [0.4, 0.5) is 0 Å². The van der Waals surface area contributed by atoms with Crippen LogP contribution in [0.2, 0.25) is 0 Å². The summed E-state index contributed by atoms with van der Waals surface area (Å²) in [6.45, 7) is 0. The molecule has 0 saturated heterocycles. The van der Waals surface area contributed by atoms with Crippen molar-refractivity contribution in [2.24, 2.45) is 0 Å². The average Bonchev–Trinajstić information content (AvgIpc) is 2.51. The van der Waals surface area contributed by atoms with Gasteiger partial charge in [-0.25, -0.2) is 0 Å². The van der Waals surface area contributed by atoms with Crippen LogP contribution >= 0.6 is 47.8 Å². The van der Waals surface area contributed by atoms with E-state index in [0.29, 0.717) is 26.5 Å². The van der Waals surface area contributed by atoms with Crippen LogP contribution in [0, 0.1) is 0 Å². The molecule has 0 radical (unpaired) electrons. The highest BCUT2D eigenvalue weighted by molar-refractivity contribution is 9.10. The minimum absolute atomic E-state index is 0.0584. The Bertz CT molecular complexity index is 867. The van der Waals surface area contributed by atoms with Gasteiger partial charge in [0.25, 0.3) is 0 Å². The van der Waals surface area contributed by atoms with Gasteiger partial charge in [-0.05, 0) is 34.1 Å². The van der Waals surface area contributed by atoms with Crippen molar-refractivity contribution in [3.8, 4) is 11.3 Å². The first-order valence-electron chi connectivity index (χ1n) is 6.18. The fourth-order valence-electron chi connectivity index (χ4n) is 2.14. The molecule has 5 heteroatoms. The molecule has 1 heterocycles. The smallest absolute Gasteiger partial charge is 0.207 e. The Morgan fingerprint density at radius 2 is 1.71 bits per heavy atom. The van der Waals surface area contributed by atoms with Crippen molar-refractivity contribution >= 4 is 58.8 Å². The summed E-state index contributed by atoms with van der Waals surface area (Å²) in [4.78, 5) is 12.5. The predicted molar refractivity (Wildman–Crippen MR) is 96.0 cm³/mol. The Hall–Kier alpha value is -0.910. The standard InChI is InChI=1S/C16H9Br3O2/c17-8-10-2-1-3-12-14(20)13(19)16(21-15(10)12)9-4-6-11(18)7-5-9/h1-7H,8H2. The van der Waals surface area contributed by atoms with Crippen molar-refractivity contribution in [1.82, 2.24) is 0 Å². The van der Waals surface area contributed by atoms with Crippen molar-refractivity contribution < 1.29 is 4.42 Å². The van der Waals surface area contributed by atoms with Gasteiger partial charge >= 0.3 is 0 Å². The van der Waals surface area contributed by atoms with Gasteiger partial charge in [0, 0.05) is 20.9 Å². The van der Waals surface area contributed by atoms with E-state index in [-0.39, 0.29) is 5.43 Å². The highest BCUT2D eigenvalue weighted by Gasteiger charge is 2.15. The molecule has 3 aromatic rings. The number of alkyl halides is 1. The minimum Gasteiger partial charge on any atom is -0.454 e. The zero-order chi connectivity index (χ0) is 15.0. The van der Waals surface area contributed by atoms with Crippen LogP contribution in [0.5, 0.6) is 0 Å². The Morgan fingerprint density at radius 1 is 1.00 bits per heavy atom. The van der Waals surface area contributed by atoms with Crippen molar-refractivity contribution in [3.05, 3.63) is 67.2 Å². The molecule has 0 amide bonds. The summed E-state index contributed by atoms with van der Waals surface area (Å²) in [6, 6.07) is 13.3. The van der Waals surface area contributed by atoms with E-state index in [4.69, 9.17) is 4.42 Å².